The Morgan fingerprint density at radius 2 is 1.69 bits per heavy atom. The van der Waals surface area contributed by atoms with Gasteiger partial charge in [-0.3, -0.25) is 9.20 Å². The van der Waals surface area contributed by atoms with Crippen molar-refractivity contribution in [1.29, 1.82) is 0 Å². The second kappa shape index (κ2) is 9.74. The second-order valence-electron chi connectivity index (χ2n) is 9.42. The monoisotopic (exact) mass is 470 g/mol. The fraction of sp³-hybridized carbons (Fsp3) is 0.276. The molecule has 0 unspecified atom stereocenters. The molecule has 0 spiro atoms. The quantitative estimate of drug-likeness (QED) is 0.315. The van der Waals surface area contributed by atoms with Crippen molar-refractivity contribution in [2.24, 2.45) is 0 Å². The largest absolute Gasteiger partial charge is 0.456 e. The van der Waals surface area contributed by atoms with Crippen LogP contribution in [0.15, 0.2) is 72.9 Å². The smallest absolute Gasteiger partial charge is 0.339 e. The van der Waals surface area contributed by atoms with E-state index in [0.29, 0.717) is 5.56 Å². The van der Waals surface area contributed by atoms with E-state index >= 15 is 0 Å². The van der Waals surface area contributed by atoms with Crippen LogP contribution in [0.5, 0.6) is 0 Å². The number of fused-ring (bicyclic) bond motifs is 1. The zero-order chi connectivity index (χ0) is 25.2. The van der Waals surface area contributed by atoms with Crippen LogP contribution in [0.4, 0.5) is 0 Å². The number of nitrogens with zero attached hydrogens (tertiary/aromatic N) is 2. The molecule has 0 radical (unpaired) electrons. The van der Waals surface area contributed by atoms with Crippen LogP contribution in [0.25, 0.3) is 16.8 Å². The predicted molar refractivity (Wildman–Crippen MR) is 135 cm³/mol. The molecule has 4 aromatic rings. The number of ether oxygens (including phenoxy) is 2. The summed E-state index contributed by atoms with van der Waals surface area (Å²) in [5.41, 5.74) is 4.96. The fourth-order valence-electron chi connectivity index (χ4n) is 4.02. The summed E-state index contributed by atoms with van der Waals surface area (Å²) in [5, 5.41) is 0. The van der Waals surface area contributed by atoms with Gasteiger partial charge in [-0.2, -0.15) is 0 Å². The number of esters is 2. The third-order valence-electron chi connectivity index (χ3n) is 5.56. The van der Waals surface area contributed by atoms with Crippen LogP contribution in [0.2, 0.25) is 0 Å². The number of carbonyl (C=O) groups is 2. The zero-order valence-corrected chi connectivity index (χ0v) is 20.7. The number of rotatable bonds is 6. The average Bonchev–Trinajstić information content (AvgIpc) is 3.25. The number of hydrogen-bond acceptors (Lipinski definition) is 5. The average molecular weight is 471 g/mol. The minimum atomic E-state index is -0.606. The molecule has 0 aliphatic carbocycles. The molecular formula is C29H30N2O4. The van der Waals surface area contributed by atoms with E-state index in [1.807, 2.05) is 92.0 Å². The first kappa shape index (κ1) is 24.2. The van der Waals surface area contributed by atoms with Gasteiger partial charge in [0.15, 0.2) is 6.10 Å². The topological polar surface area (TPSA) is 69.9 Å². The molecule has 35 heavy (non-hydrogen) atoms. The van der Waals surface area contributed by atoms with Crippen molar-refractivity contribution in [3.8, 4) is 11.1 Å². The summed E-state index contributed by atoms with van der Waals surface area (Å²) >= 11 is 0. The Hall–Kier alpha value is -3.93. The number of aryl methyl sites for hydroxylation is 1. The second-order valence-corrected chi connectivity index (χ2v) is 9.42. The molecule has 4 rings (SSSR count). The molecule has 0 saturated carbocycles. The zero-order valence-electron chi connectivity index (χ0n) is 20.7. The molecule has 180 valence electrons. The van der Waals surface area contributed by atoms with E-state index in [1.54, 1.807) is 6.07 Å². The summed E-state index contributed by atoms with van der Waals surface area (Å²) in [5.74, 6) is -0.740. The lowest BCUT2D eigenvalue weighted by atomic mass is 9.96. The Balaban J connectivity index is 1.73. The van der Waals surface area contributed by atoms with Gasteiger partial charge in [0.1, 0.15) is 11.2 Å². The molecule has 6 heteroatoms. The van der Waals surface area contributed by atoms with Gasteiger partial charge in [0.2, 0.25) is 0 Å². The summed E-state index contributed by atoms with van der Waals surface area (Å²) < 4.78 is 13.3. The molecule has 0 bridgehead atoms. The molecule has 0 N–H and O–H groups in total. The van der Waals surface area contributed by atoms with Gasteiger partial charge in [-0.15, -0.1) is 0 Å². The Morgan fingerprint density at radius 3 is 2.34 bits per heavy atom. The molecular weight excluding hydrogens is 440 g/mol. The minimum absolute atomic E-state index is 0.367. The first-order valence-electron chi connectivity index (χ1n) is 11.7. The highest BCUT2D eigenvalue weighted by Crippen LogP contribution is 2.31. The van der Waals surface area contributed by atoms with E-state index in [9.17, 15) is 9.59 Å². The first-order chi connectivity index (χ1) is 16.7. The van der Waals surface area contributed by atoms with Gasteiger partial charge < -0.3 is 9.47 Å². The van der Waals surface area contributed by atoms with E-state index in [2.05, 4.69) is 11.9 Å². The third-order valence-corrected chi connectivity index (χ3v) is 5.56. The molecule has 0 amide bonds. The van der Waals surface area contributed by atoms with Crippen molar-refractivity contribution >= 4 is 17.6 Å². The summed E-state index contributed by atoms with van der Waals surface area (Å²) in [6.07, 6.45) is 2.18. The van der Waals surface area contributed by atoms with Crippen LogP contribution in [0.3, 0.4) is 0 Å². The molecule has 0 fully saturated rings. The SMILES string of the molecule is CCc1cn2c([C@H](OC(C)=O)c3ccc(-c4ccccc4C(=O)OC(C)(C)C)cc3)cccc2n1. The van der Waals surface area contributed by atoms with Gasteiger partial charge in [0, 0.05) is 13.1 Å². The lowest BCUT2D eigenvalue weighted by Gasteiger charge is -2.21. The maximum absolute atomic E-state index is 12.8. The Bertz CT molecular complexity index is 1360. The lowest BCUT2D eigenvalue weighted by molar-refractivity contribution is -0.145. The Kier molecular flexibility index (Phi) is 6.74. The van der Waals surface area contributed by atoms with E-state index < -0.39 is 11.7 Å². The van der Waals surface area contributed by atoms with Gasteiger partial charge in [0.25, 0.3) is 0 Å². The predicted octanol–water partition coefficient (Wildman–Crippen LogP) is 6.17. The van der Waals surface area contributed by atoms with Crippen LogP contribution in [-0.4, -0.2) is 26.9 Å². The lowest BCUT2D eigenvalue weighted by Crippen LogP contribution is -2.24. The first-order valence-corrected chi connectivity index (χ1v) is 11.7. The molecule has 0 aliphatic rings. The van der Waals surface area contributed by atoms with Gasteiger partial charge >= 0.3 is 11.9 Å². The molecule has 0 aliphatic heterocycles. The highest BCUT2D eigenvalue weighted by molar-refractivity contribution is 5.97. The normalized spacial score (nSPS) is 12.4. The number of benzene rings is 2. The van der Waals surface area contributed by atoms with Crippen molar-refractivity contribution in [3.05, 3.63) is 95.4 Å². The molecule has 6 nitrogen and oxygen atoms in total. The van der Waals surface area contributed by atoms with Crippen LogP contribution in [-0.2, 0) is 20.7 Å². The van der Waals surface area contributed by atoms with Crippen molar-refractivity contribution in [3.63, 3.8) is 0 Å². The standard InChI is InChI=1S/C29H30N2O4/c1-6-22-18-31-25(12-9-13-26(31)30-22)27(34-19(2)32)21-16-14-20(15-17-21)23-10-7-8-11-24(23)28(33)35-29(3,4)5/h7-18,27H,6H2,1-5H3/t27-/m1/s1. The van der Waals surface area contributed by atoms with E-state index in [1.165, 1.54) is 6.92 Å². The van der Waals surface area contributed by atoms with Gasteiger partial charge in [0.05, 0.1) is 17.0 Å². The summed E-state index contributed by atoms with van der Waals surface area (Å²) in [4.78, 5) is 29.5. The highest BCUT2D eigenvalue weighted by atomic mass is 16.6. The Morgan fingerprint density at radius 1 is 0.971 bits per heavy atom. The van der Waals surface area contributed by atoms with Crippen LogP contribution in [0.1, 0.15) is 68.0 Å². The summed E-state index contributed by atoms with van der Waals surface area (Å²) in [7, 11) is 0. The molecule has 0 saturated heterocycles. The van der Waals surface area contributed by atoms with Crippen LogP contribution in [0, 0.1) is 0 Å². The summed E-state index contributed by atoms with van der Waals surface area (Å²) in [6, 6.07) is 20.9. The van der Waals surface area contributed by atoms with Crippen molar-refractivity contribution < 1.29 is 19.1 Å². The maximum Gasteiger partial charge on any atom is 0.339 e. The Labute approximate surface area is 205 Å². The number of pyridine rings is 1. The number of hydrogen-bond donors (Lipinski definition) is 0. The van der Waals surface area contributed by atoms with Crippen molar-refractivity contribution in [2.45, 2.75) is 52.7 Å². The fourth-order valence-corrected chi connectivity index (χ4v) is 4.02. The number of imidazole rings is 1. The molecule has 2 heterocycles. The van der Waals surface area contributed by atoms with E-state index in [-0.39, 0.29) is 11.9 Å². The van der Waals surface area contributed by atoms with Crippen molar-refractivity contribution in [2.75, 3.05) is 0 Å². The summed E-state index contributed by atoms with van der Waals surface area (Å²) in [6.45, 7) is 9.01. The maximum atomic E-state index is 12.8. The van der Waals surface area contributed by atoms with Gasteiger partial charge in [-0.05, 0) is 62.1 Å². The van der Waals surface area contributed by atoms with E-state index in [0.717, 1.165) is 40.1 Å². The van der Waals surface area contributed by atoms with E-state index in [4.69, 9.17) is 9.47 Å². The van der Waals surface area contributed by atoms with Gasteiger partial charge in [-0.1, -0.05) is 55.5 Å². The molecule has 2 aromatic heterocycles. The number of aromatic nitrogens is 2. The molecule has 1 atom stereocenters. The van der Waals surface area contributed by atoms with Crippen LogP contribution < -0.4 is 0 Å². The minimum Gasteiger partial charge on any atom is -0.456 e. The van der Waals surface area contributed by atoms with Crippen molar-refractivity contribution in [1.82, 2.24) is 9.38 Å². The van der Waals surface area contributed by atoms with Crippen LogP contribution >= 0.6 is 0 Å². The third kappa shape index (κ3) is 5.43. The highest BCUT2D eigenvalue weighted by Gasteiger charge is 2.23. The number of carbonyl (C=O) groups excluding carboxylic acids is 2. The molecule has 2 aromatic carbocycles. The van der Waals surface area contributed by atoms with Gasteiger partial charge in [-0.25, -0.2) is 9.78 Å².